The molecule has 1 aliphatic rings. The summed E-state index contributed by atoms with van der Waals surface area (Å²) >= 11 is 0. The molecular formula is C9H15N4O9P. The second-order valence-electron chi connectivity index (χ2n) is 4.71. The topological polar surface area (TPSA) is 209 Å². The van der Waals surface area contributed by atoms with E-state index in [1.54, 1.807) is 0 Å². The minimum Gasteiger partial charge on any atom is -0.393 e. The van der Waals surface area contributed by atoms with Gasteiger partial charge in [-0.15, -0.1) is 0 Å². The number of hydrogen-bond acceptors (Lipinski definition) is 9. The average molecular weight is 354 g/mol. The highest BCUT2D eigenvalue weighted by Crippen LogP contribution is 2.37. The molecular weight excluding hydrogens is 339 g/mol. The number of nitrogens with one attached hydrogen (secondary N) is 2. The summed E-state index contributed by atoms with van der Waals surface area (Å²) in [5.41, 5.74) is 5.72. The highest BCUT2D eigenvalue weighted by Gasteiger charge is 2.44. The maximum Gasteiger partial charge on any atom is 0.469 e. The summed E-state index contributed by atoms with van der Waals surface area (Å²) in [7, 11) is -4.78. The Morgan fingerprint density at radius 3 is 2.65 bits per heavy atom. The van der Waals surface area contributed by atoms with Crippen molar-refractivity contribution in [3.63, 3.8) is 0 Å². The van der Waals surface area contributed by atoms with Gasteiger partial charge in [0.15, 0.2) is 6.23 Å². The van der Waals surface area contributed by atoms with Gasteiger partial charge >= 0.3 is 13.5 Å². The van der Waals surface area contributed by atoms with Gasteiger partial charge in [0, 0.05) is 0 Å². The van der Waals surface area contributed by atoms with E-state index in [4.69, 9.17) is 20.3 Å². The van der Waals surface area contributed by atoms with E-state index in [-0.39, 0.29) is 5.69 Å². The summed E-state index contributed by atoms with van der Waals surface area (Å²) in [6.45, 7) is -0.691. The monoisotopic (exact) mass is 354 g/mol. The average Bonchev–Trinajstić information content (AvgIpc) is 2.70. The number of H-pyrrole nitrogens is 1. The Bertz CT molecular complexity index is 726. The van der Waals surface area contributed by atoms with Crippen molar-refractivity contribution in [3.05, 3.63) is 27.0 Å². The van der Waals surface area contributed by atoms with E-state index in [0.717, 1.165) is 10.9 Å². The Morgan fingerprint density at radius 2 is 2.04 bits per heavy atom. The summed E-state index contributed by atoms with van der Waals surface area (Å²) in [5.74, 6) is 0. The summed E-state index contributed by atoms with van der Waals surface area (Å²) < 4.78 is 20.7. The number of nitrogen functional groups attached to an aromatic ring is 1. The maximum absolute atomic E-state index is 11.6. The first-order chi connectivity index (χ1) is 10.6. The molecule has 23 heavy (non-hydrogen) atoms. The minimum absolute atomic E-state index is 0.286. The largest absolute Gasteiger partial charge is 0.469 e. The Labute approximate surface area is 127 Å². The fourth-order valence-corrected chi connectivity index (χ4v) is 2.22. The molecule has 0 radical (unpaired) electrons. The number of aromatic amines is 1. The number of nitrogens with zero attached hydrogens (tertiary/aromatic N) is 1. The van der Waals surface area contributed by atoms with Crippen LogP contribution in [-0.4, -0.2) is 60.8 Å². The summed E-state index contributed by atoms with van der Waals surface area (Å²) in [6, 6.07) is 0. The Hall–Kier alpha value is -1.73. The quantitative estimate of drug-likeness (QED) is 0.255. The Morgan fingerprint density at radius 1 is 1.39 bits per heavy atom. The first-order valence-electron chi connectivity index (χ1n) is 6.18. The van der Waals surface area contributed by atoms with Gasteiger partial charge in [0.25, 0.3) is 5.56 Å². The van der Waals surface area contributed by atoms with Gasteiger partial charge in [-0.1, -0.05) is 0 Å². The Balaban J connectivity index is 2.10. The van der Waals surface area contributed by atoms with Crippen molar-refractivity contribution in [1.29, 1.82) is 0 Å². The molecule has 2 heterocycles. The number of phosphoric acid groups is 1. The third-order valence-electron chi connectivity index (χ3n) is 3.01. The van der Waals surface area contributed by atoms with Crippen molar-refractivity contribution < 1.29 is 33.8 Å². The molecule has 0 saturated carbocycles. The molecule has 0 spiro atoms. The lowest BCUT2D eigenvalue weighted by Gasteiger charge is -2.18. The molecule has 130 valence electrons. The predicted octanol–water partition coefficient (Wildman–Crippen LogP) is -3.78. The van der Waals surface area contributed by atoms with E-state index in [9.17, 15) is 24.4 Å². The number of aliphatic hydroxyl groups is 2. The number of aliphatic hydroxyl groups excluding tert-OH is 2. The molecule has 1 aromatic rings. The van der Waals surface area contributed by atoms with Crippen LogP contribution in [0.25, 0.3) is 0 Å². The minimum atomic E-state index is -4.78. The summed E-state index contributed by atoms with van der Waals surface area (Å²) in [4.78, 5) is 41.8. The number of phosphoric ester groups is 1. The molecule has 1 unspecified atom stereocenters. The molecule has 1 saturated heterocycles. The van der Waals surface area contributed by atoms with Crippen molar-refractivity contribution >= 4 is 13.5 Å². The number of rotatable bonds is 5. The van der Waals surface area contributed by atoms with E-state index < -0.39 is 50.2 Å². The van der Waals surface area contributed by atoms with Gasteiger partial charge in [0.1, 0.15) is 24.0 Å². The molecule has 2 rings (SSSR count). The fourth-order valence-electron chi connectivity index (χ4n) is 1.88. The van der Waals surface area contributed by atoms with Crippen molar-refractivity contribution in [2.24, 2.45) is 0 Å². The van der Waals surface area contributed by atoms with Crippen LogP contribution in [0.2, 0.25) is 0 Å². The first-order valence-corrected chi connectivity index (χ1v) is 7.71. The van der Waals surface area contributed by atoms with Crippen LogP contribution in [0.1, 0.15) is 0 Å². The van der Waals surface area contributed by atoms with E-state index in [1.165, 1.54) is 0 Å². The molecule has 1 aliphatic heterocycles. The molecule has 0 aromatic carbocycles. The first kappa shape index (κ1) is 17.6. The van der Waals surface area contributed by atoms with Gasteiger partial charge < -0.3 is 30.5 Å². The molecule has 8 N–H and O–H groups in total. The van der Waals surface area contributed by atoms with Gasteiger partial charge in [0.2, 0.25) is 0 Å². The SMILES string of the molecule is Nc1cn(NC2O[C@H](COP(=O)(O)O)[C@@H](O)[C@H]2O)c(=O)[nH]c1=O. The van der Waals surface area contributed by atoms with Gasteiger partial charge in [-0.2, -0.15) is 0 Å². The highest BCUT2D eigenvalue weighted by molar-refractivity contribution is 7.46. The fraction of sp³-hybridized carbons (Fsp3) is 0.556. The van der Waals surface area contributed by atoms with E-state index in [1.807, 2.05) is 4.98 Å². The third-order valence-corrected chi connectivity index (χ3v) is 3.49. The molecule has 0 aliphatic carbocycles. The van der Waals surface area contributed by atoms with Gasteiger partial charge in [-0.25, -0.2) is 14.0 Å². The van der Waals surface area contributed by atoms with E-state index in [2.05, 4.69) is 9.95 Å². The molecule has 1 aromatic heterocycles. The second-order valence-corrected chi connectivity index (χ2v) is 5.94. The normalized spacial score (nSPS) is 28.0. The number of nitrogens with two attached hydrogens (primary N) is 1. The van der Waals surface area contributed by atoms with Crippen LogP contribution in [-0.2, 0) is 13.8 Å². The Kier molecular flexibility index (Phi) is 4.91. The second kappa shape index (κ2) is 6.41. The van der Waals surface area contributed by atoms with Crippen LogP contribution in [0.15, 0.2) is 15.8 Å². The lowest BCUT2D eigenvalue weighted by Crippen LogP contribution is -2.45. The summed E-state index contributed by atoms with van der Waals surface area (Å²) in [5, 5.41) is 19.6. The van der Waals surface area contributed by atoms with Gasteiger partial charge in [-0.3, -0.25) is 19.7 Å². The van der Waals surface area contributed by atoms with Crippen LogP contribution in [0, 0.1) is 0 Å². The molecule has 4 atom stereocenters. The third kappa shape index (κ3) is 4.17. The zero-order chi connectivity index (χ0) is 17.4. The molecule has 13 nitrogen and oxygen atoms in total. The van der Waals surface area contributed by atoms with Crippen LogP contribution >= 0.6 is 7.82 Å². The molecule has 14 heteroatoms. The number of anilines is 1. The zero-order valence-electron chi connectivity index (χ0n) is 11.4. The highest BCUT2D eigenvalue weighted by atomic mass is 31.2. The number of hydrogen-bond donors (Lipinski definition) is 7. The lowest BCUT2D eigenvalue weighted by atomic mass is 10.1. The van der Waals surface area contributed by atoms with Crippen molar-refractivity contribution in [2.45, 2.75) is 24.5 Å². The zero-order valence-corrected chi connectivity index (χ0v) is 12.3. The van der Waals surface area contributed by atoms with Crippen LogP contribution in [0.3, 0.4) is 0 Å². The lowest BCUT2D eigenvalue weighted by molar-refractivity contribution is -0.0176. The summed E-state index contributed by atoms with van der Waals surface area (Å²) in [6.07, 6.45) is -4.71. The van der Waals surface area contributed by atoms with Gasteiger partial charge in [-0.05, 0) is 0 Å². The molecule has 1 fully saturated rings. The van der Waals surface area contributed by atoms with E-state index >= 15 is 0 Å². The molecule has 0 amide bonds. The van der Waals surface area contributed by atoms with Crippen LogP contribution in [0.4, 0.5) is 5.69 Å². The van der Waals surface area contributed by atoms with E-state index in [0.29, 0.717) is 0 Å². The van der Waals surface area contributed by atoms with Gasteiger partial charge in [0.05, 0.1) is 12.8 Å². The van der Waals surface area contributed by atoms with Crippen LogP contribution in [0.5, 0.6) is 0 Å². The predicted molar refractivity (Wildman–Crippen MR) is 73.8 cm³/mol. The molecule has 0 bridgehead atoms. The number of aromatic nitrogens is 2. The smallest absolute Gasteiger partial charge is 0.393 e. The number of ether oxygens (including phenoxy) is 1. The maximum atomic E-state index is 11.6. The standard InChI is InChI=1S/C9H15N4O9P/c10-3-1-13(9(17)11-7(3)16)12-8-6(15)5(14)4(22-8)2-21-23(18,19)20/h1,4-6,8,12,14-15H,2,10H2,(H,11,16,17)(H2,18,19,20)/t4-,5-,6-,8?/m1/s1. The van der Waals surface area contributed by atoms with Crippen molar-refractivity contribution in [2.75, 3.05) is 17.8 Å². The van der Waals surface area contributed by atoms with Crippen molar-refractivity contribution in [1.82, 2.24) is 9.66 Å². The van der Waals surface area contributed by atoms with Crippen LogP contribution < -0.4 is 22.4 Å². The van der Waals surface area contributed by atoms with Crippen molar-refractivity contribution in [3.8, 4) is 0 Å².